The lowest BCUT2D eigenvalue weighted by Gasteiger charge is -2.27. The van der Waals surface area contributed by atoms with Crippen LogP contribution in [0, 0.1) is 4.91 Å². The second-order valence-electron chi connectivity index (χ2n) is 3.42. The van der Waals surface area contributed by atoms with Gasteiger partial charge in [0.15, 0.2) is 0 Å². The van der Waals surface area contributed by atoms with Crippen molar-refractivity contribution in [2.24, 2.45) is 5.18 Å². The summed E-state index contributed by atoms with van der Waals surface area (Å²) in [6, 6.07) is 0. The maximum atomic E-state index is 10.2. The fraction of sp³-hybridized carbons (Fsp3) is 0.714. The van der Waals surface area contributed by atoms with Crippen LogP contribution >= 0.6 is 0 Å². The molecule has 0 spiro atoms. The molecule has 4 heteroatoms. The monoisotopic (exact) mass is 156 g/mol. The van der Waals surface area contributed by atoms with E-state index in [4.69, 9.17) is 0 Å². The molecular formula is C7H12N2O2. The zero-order valence-electron chi connectivity index (χ0n) is 6.96. The summed E-state index contributed by atoms with van der Waals surface area (Å²) in [5, 5.41) is 13.3. The first-order valence-electron chi connectivity index (χ1n) is 3.51. The Morgan fingerprint density at radius 3 is 2.36 bits per heavy atom. The molecule has 1 heterocycles. The van der Waals surface area contributed by atoms with Crippen LogP contribution < -0.4 is 0 Å². The normalized spacial score (nSPS) is 22.7. The summed E-state index contributed by atoms with van der Waals surface area (Å²) >= 11 is 0. The average Bonchev–Trinajstić information content (AvgIpc) is 2.13. The first-order chi connectivity index (χ1) is 4.99. The molecule has 1 aliphatic rings. The zero-order valence-corrected chi connectivity index (χ0v) is 6.96. The summed E-state index contributed by atoms with van der Waals surface area (Å²) in [5.74, 6) is 0. The van der Waals surface area contributed by atoms with Gasteiger partial charge in [0.05, 0.1) is 11.2 Å². The van der Waals surface area contributed by atoms with Crippen LogP contribution in [-0.4, -0.2) is 15.8 Å². The van der Waals surface area contributed by atoms with E-state index in [1.165, 1.54) is 0 Å². The third kappa shape index (κ3) is 1.14. The van der Waals surface area contributed by atoms with E-state index in [1.807, 2.05) is 13.8 Å². The molecule has 0 aromatic carbocycles. The highest BCUT2D eigenvalue weighted by molar-refractivity contribution is 5.19. The van der Waals surface area contributed by atoms with Gasteiger partial charge in [0.2, 0.25) is 0 Å². The van der Waals surface area contributed by atoms with Crippen molar-refractivity contribution in [3.63, 3.8) is 0 Å². The molecule has 0 saturated carbocycles. The minimum Gasteiger partial charge on any atom is -0.288 e. The number of allylic oxidation sites excluding steroid dienone is 1. The lowest BCUT2D eigenvalue weighted by molar-refractivity contribution is -0.117. The van der Waals surface area contributed by atoms with E-state index in [1.54, 1.807) is 6.92 Å². The molecule has 1 rings (SSSR count). The Labute approximate surface area is 65.4 Å². The van der Waals surface area contributed by atoms with Crippen LogP contribution in [0.1, 0.15) is 27.2 Å². The fourth-order valence-corrected chi connectivity index (χ4v) is 1.29. The predicted octanol–water partition coefficient (Wildman–Crippen LogP) is 1.86. The van der Waals surface area contributed by atoms with Gasteiger partial charge in [-0.1, -0.05) is 0 Å². The highest BCUT2D eigenvalue weighted by atomic mass is 16.5. The van der Waals surface area contributed by atoms with Gasteiger partial charge < -0.3 is 0 Å². The van der Waals surface area contributed by atoms with E-state index in [0.717, 1.165) is 5.06 Å². The van der Waals surface area contributed by atoms with Gasteiger partial charge >= 0.3 is 0 Å². The van der Waals surface area contributed by atoms with E-state index in [-0.39, 0.29) is 5.54 Å². The number of hydrogen-bond donors (Lipinski definition) is 1. The molecule has 1 aliphatic heterocycles. The Balaban J connectivity index is 2.94. The minimum absolute atomic E-state index is 0.382. The largest absolute Gasteiger partial charge is 0.288 e. The third-order valence-corrected chi connectivity index (χ3v) is 2.02. The van der Waals surface area contributed by atoms with E-state index in [2.05, 4.69) is 5.18 Å². The predicted molar refractivity (Wildman–Crippen MR) is 40.8 cm³/mol. The zero-order chi connectivity index (χ0) is 8.65. The quantitative estimate of drug-likeness (QED) is 0.589. The van der Waals surface area contributed by atoms with Crippen molar-refractivity contribution < 1.29 is 5.21 Å². The van der Waals surface area contributed by atoms with Crippen molar-refractivity contribution in [3.05, 3.63) is 16.3 Å². The molecule has 0 unspecified atom stereocenters. The Morgan fingerprint density at radius 1 is 1.64 bits per heavy atom. The summed E-state index contributed by atoms with van der Waals surface area (Å²) < 4.78 is 0. The molecule has 0 aromatic rings. The van der Waals surface area contributed by atoms with Crippen molar-refractivity contribution in [3.8, 4) is 0 Å². The van der Waals surface area contributed by atoms with E-state index >= 15 is 0 Å². The first-order valence-corrected chi connectivity index (χ1v) is 3.51. The summed E-state index contributed by atoms with van der Waals surface area (Å²) in [4.78, 5) is 10.2. The molecule has 62 valence electrons. The van der Waals surface area contributed by atoms with Gasteiger partial charge in [0.25, 0.3) is 0 Å². The molecule has 4 nitrogen and oxygen atoms in total. The van der Waals surface area contributed by atoms with Crippen molar-refractivity contribution in [2.75, 3.05) is 0 Å². The van der Waals surface area contributed by atoms with Crippen LogP contribution in [0.25, 0.3) is 0 Å². The fourth-order valence-electron chi connectivity index (χ4n) is 1.29. The summed E-state index contributed by atoms with van der Waals surface area (Å²) in [6.07, 6.45) is 0.513. The van der Waals surface area contributed by atoms with Crippen LogP contribution in [0.4, 0.5) is 0 Å². The molecule has 0 aliphatic carbocycles. The summed E-state index contributed by atoms with van der Waals surface area (Å²) in [6.45, 7) is 5.40. The molecule has 0 bridgehead atoms. The second-order valence-corrected chi connectivity index (χ2v) is 3.42. The highest BCUT2D eigenvalue weighted by Gasteiger charge is 2.36. The van der Waals surface area contributed by atoms with E-state index in [9.17, 15) is 10.1 Å². The Morgan fingerprint density at radius 2 is 2.18 bits per heavy atom. The SMILES string of the molecule is CC1=C(N=O)CC(C)(C)N1O. The average molecular weight is 156 g/mol. The first kappa shape index (κ1) is 8.20. The van der Waals surface area contributed by atoms with Crippen LogP contribution in [0.2, 0.25) is 0 Å². The minimum atomic E-state index is -0.382. The lowest BCUT2D eigenvalue weighted by Crippen LogP contribution is -2.35. The van der Waals surface area contributed by atoms with Gasteiger partial charge in [0, 0.05) is 6.42 Å². The van der Waals surface area contributed by atoms with Crippen LogP contribution in [0.5, 0.6) is 0 Å². The van der Waals surface area contributed by atoms with Gasteiger partial charge in [-0.2, -0.15) is 0 Å². The van der Waals surface area contributed by atoms with Crippen molar-refractivity contribution in [2.45, 2.75) is 32.7 Å². The maximum Gasteiger partial charge on any atom is 0.108 e. The van der Waals surface area contributed by atoms with Crippen LogP contribution in [-0.2, 0) is 0 Å². The molecule has 0 atom stereocenters. The van der Waals surface area contributed by atoms with Crippen molar-refractivity contribution in [1.29, 1.82) is 0 Å². The van der Waals surface area contributed by atoms with Gasteiger partial charge in [-0.05, 0) is 25.9 Å². The topological polar surface area (TPSA) is 52.9 Å². The van der Waals surface area contributed by atoms with Gasteiger partial charge in [-0.15, -0.1) is 4.91 Å². The molecular weight excluding hydrogens is 144 g/mol. The Kier molecular flexibility index (Phi) is 1.72. The summed E-state index contributed by atoms with van der Waals surface area (Å²) in [7, 11) is 0. The number of nitrogens with zero attached hydrogens (tertiary/aromatic N) is 2. The number of hydroxylamine groups is 2. The molecule has 11 heavy (non-hydrogen) atoms. The molecule has 0 amide bonds. The Hall–Kier alpha value is -0.900. The molecule has 1 N–H and O–H groups in total. The second kappa shape index (κ2) is 2.30. The molecule has 0 saturated heterocycles. The van der Waals surface area contributed by atoms with Crippen molar-refractivity contribution >= 4 is 0 Å². The van der Waals surface area contributed by atoms with Crippen LogP contribution in [0.3, 0.4) is 0 Å². The van der Waals surface area contributed by atoms with E-state index < -0.39 is 0 Å². The number of nitroso groups, excluding NO2 is 1. The van der Waals surface area contributed by atoms with E-state index in [0.29, 0.717) is 17.8 Å². The molecule has 0 aromatic heterocycles. The standard InChI is InChI=1S/C7H12N2O2/c1-5-6(8-10)4-7(2,3)9(5)11/h11H,4H2,1-3H3. The highest BCUT2D eigenvalue weighted by Crippen LogP contribution is 2.34. The van der Waals surface area contributed by atoms with Gasteiger partial charge in [0.1, 0.15) is 5.70 Å². The third-order valence-electron chi connectivity index (χ3n) is 2.02. The van der Waals surface area contributed by atoms with Crippen LogP contribution in [0.15, 0.2) is 16.6 Å². The molecule has 0 radical (unpaired) electrons. The lowest BCUT2D eigenvalue weighted by atomic mass is 10.0. The number of rotatable bonds is 1. The maximum absolute atomic E-state index is 10.2. The Bertz CT molecular complexity index is 220. The van der Waals surface area contributed by atoms with Gasteiger partial charge in [-0.3, -0.25) is 10.3 Å². The van der Waals surface area contributed by atoms with Crippen molar-refractivity contribution in [1.82, 2.24) is 5.06 Å². The summed E-state index contributed by atoms with van der Waals surface area (Å²) in [5.41, 5.74) is 0.621. The van der Waals surface area contributed by atoms with Gasteiger partial charge in [-0.25, -0.2) is 0 Å². The molecule has 0 fully saturated rings. The number of hydrogen-bond acceptors (Lipinski definition) is 4. The smallest absolute Gasteiger partial charge is 0.108 e.